The molecule has 2 aliphatic heterocycles. The average Bonchev–Trinajstić information content (AvgIpc) is 3.80. The predicted molar refractivity (Wildman–Crippen MR) is 254 cm³/mol. The van der Waals surface area contributed by atoms with Crippen molar-refractivity contribution < 1.29 is 44.6 Å². The minimum atomic E-state index is -3.94. The van der Waals surface area contributed by atoms with E-state index in [4.69, 9.17) is 27.8 Å². The normalized spacial score (nSPS) is 14.5. The zero-order chi connectivity index (χ0) is 45.7. The molecular weight excluding hydrogens is 877 g/mol. The third-order valence-corrected chi connectivity index (χ3v) is 14.0. The Morgan fingerprint density at radius 2 is 0.833 bits per heavy atom. The molecule has 0 saturated carbocycles. The smallest absolute Gasteiger partial charge is 0.241 e. The maximum atomic E-state index is 13.5. The van der Waals surface area contributed by atoms with Gasteiger partial charge in [-0.15, -0.1) is 0 Å². The molecule has 0 saturated heterocycles. The molecule has 2 aromatic heterocycles. The van der Waals surface area contributed by atoms with Crippen molar-refractivity contribution >= 4 is 54.1 Å². The van der Waals surface area contributed by atoms with E-state index >= 15 is 0 Å². The van der Waals surface area contributed by atoms with Crippen LogP contribution in [0.25, 0.3) is 34.1 Å². The zero-order valence-corrected chi connectivity index (χ0v) is 37.4. The maximum Gasteiger partial charge on any atom is 0.241 e. The number of sulfonamides is 2. The Hall–Kier alpha value is -7.10. The lowest BCUT2D eigenvalue weighted by atomic mass is 9.99. The van der Waals surface area contributed by atoms with Crippen LogP contribution in [0.2, 0.25) is 0 Å². The number of para-hydroxylation sites is 2. The van der Waals surface area contributed by atoms with E-state index in [0.717, 1.165) is 45.9 Å². The molecule has 0 bridgehead atoms. The van der Waals surface area contributed by atoms with Crippen molar-refractivity contribution in [2.75, 3.05) is 26.4 Å². The van der Waals surface area contributed by atoms with E-state index < -0.39 is 32.1 Å². The van der Waals surface area contributed by atoms with Gasteiger partial charge in [-0.25, -0.2) is 16.8 Å². The Balaban J connectivity index is 0.000000166. The number of fused-ring (bicyclic) bond motifs is 4. The van der Waals surface area contributed by atoms with Crippen LogP contribution in [0.1, 0.15) is 58.7 Å². The Morgan fingerprint density at radius 3 is 1.24 bits per heavy atom. The van der Waals surface area contributed by atoms with E-state index in [1.54, 1.807) is 24.3 Å². The van der Waals surface area contributed by atoms with Gasteiger partial charge in [-0.05, 0) is 70.8 Å². The van der Waals surface area contributed by atoms with Gasteiger partial charge in [-0.1, -0.05) is 110 Å². The monoisotopic (exact) mass is 922 g/mol. The molecule has 4 heterocycles. The first-order chi connectivity index (χ1) is 32.1. The lowest BCUT2D eigenvalue weighted by Crippen LogP contribution is -2.29. The first-order valence-corrected chi connectivity index (χ1v) is 24.3. The summed E-state index contributed by atoms with van der Waals surface area (Å²) in [5, 5.41) is 1.78. The van der Waals surface area contributed by atoms with Crippen molar-refractivity contribution in [2.24, 2.45) is 0 Å². The van der Waals surface area contributed by atoms with Gasteiger partial charge in [-0.2, -0.15) is 9.44 Å². The van der Waals surface area contributed by atoms with Crippen LogP contribution < -0.4 is 28.4 Å². The van der Waals surface area contributed by atoms with Crippen LogP contribution >= 0.6 is 0 Å². The summed E-state index contributed by atoms with van der Waals surface area (Å²) >= 11 is 0. The van der Waals surface area contributed by atoms with E-state index in [0.29, 0.717) is 72.1 Å². The molecule has 8 aromatic rings. The highest BCUT2D eigenvalue weighted by Gasteiger charge is 2.30. The van der Waals surface area contributed by atoms with Gasteiger partial charge < -0.3 is 27.8 Å². The van der Waals surface area contributed by atoms with Gasteiger partial charge in [0.25, 0.3) is 0 Å². The third kappa shape index (κ3) is 9.49. The van der Waals surface area contributed by atoms with Gasteiger partial charge in [0.2, 0.25) is 20.0 Å². The number of nitrogens with one attached hydrogen (secondary N) is 2. The lowest BCUT2D eigenvalue weighted by molar-refractivity contribution is 0.296. The van der Waals surface area contributed by atoms with E-state index in [9.17, 15) is 16.8 Å². The molecule has 66 heavy (non-hydrogen) atoms. The van der Waals surface area contributed by atoms with Gasteiger partial charge in [0.1, 0.15) is 34.8 Å². The molecule has 0 radical (unpaired) electrons. The van der Waals surface area contributed by atoms with E-state index in [1.807, 2.05) is 109 Å². The highest BCUT2D eigenvalue weighted by molar-refractivity contribution is 7.89. The van der Waals surface area contributed by atoms with Crippen LogP contribution in [-0.4, -0.2) is 43.3 Å². The number of rotatable bonds is 12. The Labute approximate surface area is 383 Å². The lowest BCUT2D eigenvalue weighted by Gasteiger charge is -2.20. The quantitative estimate of drug-likeness (QED) is 0.121. The zero-order valence-electron chi connectivity index (χ0n) is 35.7. The van der Waals surface area contributed by atoms with E-state index in [-0.39, 0.29) is 9.79 Å². The summed E-state index contributed by atoms with van der Waals surface area (Å²) < 4.78 is 94.4. The molecule has 0 aliphatic carbocycles. The summed E-state index contributed by atoms with van der Waals surface area (Å²) in [5.41, 5.74) is 4.47. The van der Waals surface area contributed by atoms with Gasteiger partial charge >= 0.3 is 0 Å². The highest BCUT2D eigenvalue weighted by atomic mass is 32.2. The van der Waals surface area contributed by atoms with Gasteiger partial charge in [-0.3, -0.25) is 0 Å². The fourth-order valence-corrected chi connectivity index (χ4v) is 10.2. The second-order valence-corrected chi connectivity index (χ2v) is 18.9. The van der Waals surface area contributed by atoms with Crippen molar-refractivity contribution in [1.29, 1.82) is 0 Å². The molecule has 10 rings (SSSR count). The van der Waals surface area contributed by atoms with Gasteiger partial charge in [0.15, 0.2) is 23.0 Å². The molecule has 14 heteroatoms. The molecule has 2 N–H and O–H groups in total. The minimum Gasteiger partial charge on any atom is -0.490 e. The van der Waals surface area contributed by atoms with Crippen molar-refractivity contribution in [3.63, 3.8) is 0 Å². The van der Waals surface area contributed by atoms with Crippen molar-refractivity contribution in [2.45, 2.75) is 34.7 Å². The molecule has 0 unspecified atom stereocenters. The summed E-state index contributed by atoms with van der Waals surface area (Å²) in [4.78, 5) is 0.174. The summed E-state index contributed by atoms with van der Waals surface area (Å²) in [7, 11) is -7.89. The Bertz CT molecular complexity index is 3000. The summed E-state index contributed by atoms with van der Waals surface area (Å²) in [6.45, 7) is 9.77. The SMILES string of the molecule is C=Cc1ccccc1[C@@H](NS(=O)(=O)c1ccc2c(c1)OCCCO2)c1cc2ccccc2o1.C=Cc1ccccc1[C@H](NS(=O)(=O)c1ccc2c(c1)OCCCO2)c1cc2ccccc2o1. The third-order valence-electron chi connectivity index (χ3n) is 11.1. The topological polar surface area (TPSA) is 156 Å². The molecule has 6 aromatic carbocycles. The molecular formula is C52H46N2O10S2. The number of hydrogen-bond acceptors (Lipinski definition) is 10. The standard InChI is InChI=1S/2C26H23NO5S/c2*1-2-18-8-3-5-10-21(18)26(25-16-19-9-4-6-11-22(19)32-25)27-33(28,29)20-12-13-23-24(17-20)31-15-7-14-30-23/h2*2-6,8-13,16-17,26-27H,1,7,14-15H2/t2*26-/m10/s1. The van der Waals surface area contributed by atoms with Crippen LogP contribution in [0.3, 0.4) is 0 Å². The van der Waals surface area contributed by atoms with Crippen LogP contribution in [0.15, 0.2) is 177 Å². The molecule has 2 aliphatic rings. The average molecular weight is 923 g/mol. The summed E-state index contributed by atoms with van der Waals surface area (Å²) in [5.74, 6) is 2.89. The molecule has 0 amide bonds. The van der Waals surface area contributed by atoms with E-state index in [2.05, 4.69) is 22.6 Å². The molecule has 0 fully saturated rings. The van der Waals surface area contributed by atoms with Crippen molar-refractivity contribution in [3.8, 4) is 23.0 Å². The molecule has 336 valence electrons. The maximum absolute atomic E-state index is 13.5. The van der Waals surface area contributed by atoms with E-state index in [1.165, 1.54) is 24.3 Å². The second-order valence-electron chi connectivity index (χ2n) is 15.5. The van der Waals surface area contributed by atoms with Crippen LogP contribution in [0, 0.1) is 0 Å². The highest BCUT2D eigenvalue weighted by Crippen LogP contribution is 2.37. The number of hydrogen-bond donors (Lipinski definition) is 2. The van der Waals surface area contributed by atoms with Crippen LogP contribution in [-0.2, 0) is 20.0 Å². The number of furan rings is 2. The second kappa shape index (κ2) is 19.2. The first kappa shape index (κ1) is 44.1. The first-order valence-electron chi connectivity index (χ1n) is 21.3. The predicted octanol–water partition coefficient (Wildman–Crippen LogP) is 10.6. The Kier molecular flexibility index (Phi) is 12.8. The van der Waals surface area contributed by atoms with Crippen LogP contribution in [0.5, 0.6) is 23.0 Å². The summed E-state index contributed by atoms with van der Waals surface area (Å²) in [6.07, 6.45) is 4.88. The minimum absolute atomic E-state index is 0.0870. The van der Waals surface area contributed by atoms with Crippen LogP contribution in [0.4, 0.5) is 0 Å². The molecule has 12 nitrogen and oxygen atoms in total. The fourth-order valence-electron chi connectivity index (χ4n) is 7.83. The van der Waals surface area contributed by atoms with Gasteiger partial charge in [0.05, 0.1) is 36.2 Å². The largest absolute Gasteiger partial charge is 0.490 e. The Morgan fingerprint density at radius 1 is 0.455 bits per heavy atom. The molecule has 2 atom stereocenters. The van der Waals surface area contributed by atoms with Crippen molar-refractivity contribution in [3.05, 3.63) is 193 Å². The number of ether oxygens (including phenoxy) is 4. The fraction of sp³-hybridized carbons (Fsp3) is 0.154. The number of benzene rings is 6. The van der Waals surface area contributed by atoms with Gasteiger partial charge in [0, 0.05) is 35.7 Å². The molecule has 0 spiro atoms. The summed E-state index contributed by atoms with van der Waals surface area (Å²) in [6, 6.07) is 41.6. The van der Waals surface area contributed by atoms with Crippen molar-refractivity contribution in [1.82, 2.24) is 9.44 Å².